The minimum absolute atomic E-state index is 0.0283. The van der Waals surface area contributed by atoms with Crippen molar-refractivity contribution < 1.29 is 28.2 Å². The van der Waals surface area contributed by atoms with E-state index in [1.807, 2.05) is 0 Å². The minimum Gasteiger partial charge on any atom is -0.497 e. The van der Waals surface area contributed by atoms with Crippen LogP contribution in [-0.2, 0) is 19.1 Å². The van der Waals surface area contributed by atoms with Gasteiger partial charge < -0.3 is 14.2 Å². The van der Waals surface area contributed by atoms with Crippen LogP contribution in [0.1, 0.15) is 13.8 Å². The van der Waals surface area contributed by atoms with Gasteiger partial charge in [-0.1, -0.05) is 0 Å². The van der Waals surface area contributed by atoms with Crippen LogP contribution < -0.4 is 4.74 Å². The molecule has 7 heteroatoms. The summed E-state index contributed by atoms with van der Waals surface area (Å²) in [5.74, 6) is -3.22. The molecule has 0 aliphatic carbocycles. The number of carbonyl (C=O) groups is 2. The normalized spacial score (nSPS) is 10.8. The Hall–Kier alpha value is -2.44. The second kappa shape index (κ2) is 8.76. The van der Waals surface area contributed by atoms with Crippen molar-refractivity contribution in [2.75, 3.05) is 20.3 Å². The molecular weight excluding hydrogens is 293 g/mol. The summed E-state index contributed by atoms with van der Waals surface area (Å²) in [5.41, 5.74) is -0.0283. The maximum atomic E-state index is 13.8. The Balaban J connectivity index is 2.97. The summed E-state index contributed by atoms with van der Waals surface area (Å²) in [6, 6.07) is 4.04. The van der Waals surface area contributed by atoms with E-state index in [-0.39, 0.29) is 18.9 Å². The maximum absolute atomic E-state index is 13.8. The number of nitrogens with zero attached hydrogens (tertiary/aromatic N) is 1. The standard InChI is InChI=1S/C15H18FNO5/c1-4-21-14(18)11(15(19)22-5-2)9-17-13-7-6-10(20-3)8-12(13)16/h6-9,11H,4-5H2,1-3H3. The average molecular weight is 311 g/mol. The second-order valence-corrected chi connectivity index (χ2v) is 4.08. The van der Waals surface area contributed by atoms with Gasteiger partial charge in [-0.2, -0.15) is 0 Å². The van der Waals surface area contributed by atoms with Crippen LogP contribution in [0, 0.1) is 11.7 Å². The molecule has 1 rings (SSSR count). The lowest BCUT2D eigenvalue weighted by atomic mass is 10.1. The quantitative estimate of drug-likeness (QED) is 0.439. The molecule has 0 N–H and O–H groups in total. The molecule has 22 heavy (non-hydrogen) atoms. The number of benzene rings is 1. The van der Waals surface area contributed by atoms with E-state index in [2.05, 4.69) is 4.99 Å². The molecule has 1 aromatic rings. The van der Waals surface area contributed by atoms with Crippen LogP contribution in [0.25, 0.3) is 0 Å². The van der Waals surface area contributed by atoms with Gasteiger partial charge in [-0.3, -0.25) is 14.6 Å². The Morgan fingerprint density at radius 1 is 1.23 bits per heavy atom. The lowest BCUT2D eigenvalue weighted by molar-refractivity contribution is -0.157. The number of halogens is 1. The molecule has 0 aromatic heterocycles. The summed E-state index contributed by atoms with van der Waals surface area (Å²) < 4.78 is 28.2. The van der Waals surface area contributed by atoms with E-state index in [9.17, 15) is 14.0 Å². The first-order chi connectivity index (χ1) is 10.5. The zero-order valence-corrected chi connectivity index (χ0v) is 12.7. The van der Waals surface area contributed by atoms with Crippen LogP contribution in [0.3, 0.4) is 0 Å². The number of hydrogen-bond acceptors (Lipinski definition) is 6. The molecule has 0 saturated carbocycles. The Morgan fingerprint density at radius 3 is 2.27 bits per heavy atom. The van der Waals surface area contributed by atoms with Crippen LogP contribution >= 0.6 is 0 Å². The van der Waals surface area contributed by atoms with Gasteiger partial charge in [0.2, 0.25) is 0 Å². The third-order valence-electron chi connectivity index (χ3n) is 2.60. The van der Waals surface area contributed by atoms with Crippen molar-refractivity contribution in [3.8, 4) is 5.75 Å². The number of esters is 2. The van der Waals surface area contributed by atoms with Gasteiger partial charge >= 0.3 is 11.9 Å². The highest BCUT2D eigenvalue weighted by Gasteiger charge is 2.27. The Kier molecular flexibility index (Phi) is 7.01. The molecule has 0 saturated heterocycles. The molecule has 0 fully saturated rings. The van der Waals surface area contributed by atoms with Crippen molar-refractivity contribution in [2.24, 2.45) is 10.9 Å². The topological polar surface area (TPSA) is 74.2 Å². The van der Waals surface area contributed by atoms with E-state index in [1.54, 1.807) is 13.8 Å². The fourth-order valence-corrected chi connectivity index (χ4v) is 1.56. The molecule has 0 aliphatic rings. The molecule has 0 spiro atoms. The summed E-state index contributed by atoms with van der Waals surface area (Å²) in [7, 11) is 1.41. The van der Waals surface area contributed by atoms with E-state index >= 15 is 0 Å². The molecule has 0 bridgehead atoms. The first kappa shape index (κ1) is 17.6. The zero-order chi connectivity index (χ0) is 16.5. The molecule has 1 aromatic carbocycles. The summed E-state index contributed by atoms with van der Waals surface area (Å²) in [6.07, 6.45) is 1.01. The molecule has 0 radical (unpaired) electrons. The molecule has 0 unspecified atom stereocenters. The fraction of sp³-hybridized carbons (Fsp3) is 0.400. The maximum Gasteiger partial charge on any atom is 0.325 e. The summed E-state index contributed by atoms with van der Waals surface area (Å²) in [6.45, 7) is 3.44. The highest BCUT2D eigenvalue weighted by Crippen LogP contribution is 2.22. The van der Waals surface area contributed by atoms with Crippen LogP contribution in [-0.4, -0.2) is 38.5 Å². The van der Waals surface area contributed by atoms with Gasteiger partial charge in [0.05, 0.1) is 26.0 Å². The zero-order valence-electron chi connectivity index (χ0n) is 12.7. The van der Waals surface area contributed by atoms with E-state index in [0.29, 0.717) is 5.75 Å². The number of methoxy groups -OCH3 is 1. The SMILES string of the molecule is CCOC(=O)C(C=Nc1ccc(OC)cc1F)C(=O)OCC. The first-order valence-electron chi connectivity index (χ1n) is 6.74. The molecule has 0 heterocycles. The average Bonchev–Trinajstić information content (AvgIpc) is 2.49. The van der Waals surface area contributed by atoms with Crippen molar-refractivity contribution in [3.63, 3.8) is 0 Å². The van der Waals surface area contributed by atoms with Gasteiger partial charge in [-0.25, -0.2) is 4.39 Å². The summed E-state index contributed by atoms with van der Waals surface area (Å²) in [5, 5.41) is 0. The number of rotatable bonds is 7. The number of carbonyl (C=O) groups excluding carboxylic acids is 2. The third-order valence-corrected chi connectivity index (χ3v) is 2.60. The minimum atomic E-state index is -1.33. The number of ether oxygens (including phenoxy) is 3. The molecular formula is C15H18FNO5. The van der Waals surface area contributed by atoms with Gasteiger partial charge in [0.1, 0.15) is 5.75 Å². The van der Waals surface area contributed by atoms with Crippen molar-refractivity contribution in [1.29, 1.82) is 0 Å². The van der Waals surface area contributed by atoms with Gasteiger partial charge in [0.25, 0.3) is 0 Å². The van der Waals surface area contributed by atoms with E-state index in [0.717, 1.165) is 12.3 Å². The highest BCUT2D eigenvalue weighted by atomic mass is 19.1. The fourth-order valence-electron chi connectivity index (χ4n) is 1.56. The van der Waals surface area contributed by atoms with Crippen molar-refractivity contribution in [2.45, 2.75) is 13.8 Å². The van der Waals surface area contributed by atoms with Gasteiger partial charge in [0.15, 0.2) is 11.7 Å². The lowest BCUT2D eigenvalue weighted by Gasteiger charge is -2.10. The van der Waals surface area contributed by atoms with Crippen LogP contribution in [0.2, 0.25) is 0 Å². The summed E-state index contributed by atoms with van der Waals surface area (Å²) >= 11 is 0. The Morgan fingerprint density at radius 2 is 1.82 bits per heavy atom. The van der Waals surface area contributed by atoms with Crippen molar-refractivity contribution in [1.82, 2.24) is 0 Å². The van der Waals surface area contributed by atoms with E-state index in [4.69, 9.17) is 14.2 Å². The molecule has 6 nitrogen and oxygen atoms in total. The lowest BCUT2D eigenvalue weighted by Crippen LogP contribution is -2.29. The third kappa shape index (κ3) is 4.83. The predicted molar refractivity (Wildman–Crippen MR) is 77.9 cm³/mol. The van der Waals surface area contributed by atoms with Crippen molar-refractivity contribution in [3.05, 3.63) is 24.0 Å². The smallest absolute Gasteiger partial charge is 0.325 e. The van der Waals surface area contributed by atoms with Gasteiger partial charge in [0, 0.05) is 12.3 Å². The van der Waals surface area contributed by atoms with Crippen molar-refractivity contribution >= 4 is 23.8 Å². The van der Waals surface area contributed by atoms with Crippen LogP contribution in [0.15, 0.2) is 23.2 Å². The second-order valence-electron chi connectivity index (χ2n) is 4.08. The summed E-state index contributed by atoms with van der Waals surface area (Å²) in [4.78, 5) is 27.3. The van der Waals surface area contributed by atoms with Crippen LogP contribution in [0.4, 0.5) is 10.1 Å². The van der Waals surface area contributed by atoms with E-state index in [1.165, 1.54) is 19.2 Å². The highest BCUT2D eigenvalue weighted by molar-refractivity contribution is 6.09. The van der Waals surface area contributed by atoms with Gasteiger partial charge in [-0.15, -0.1) is 0 Å². The number of hydrogen-bond donors (Lipinski definition) is 0. The Bertz CT molecular complexity index is 541. The molecule has 0 atom stereocenters. The predicted octanol–water partition coefficient (Wildman–Crippen LogP) is 2.28. The Labute approximate surface area is 127 Å². The monoisotopic (exact) mass is 311 g/mol. The van der Waals surface area contributed by atoms with E-state index < -0.39 is 23.7 Å². The number of aliphatic imine (C=N–C) groups is 1. The van der Waals surface area contributed by atoms with Crippen LogP contribution in [0.5, 0.6) is 5.75 Å². The molecule has 0 amide bonds. The van der Waals surface area contributed by atoms with Gasteiger partial charge in [-0.05, 0) is 26.0 Å². The largest absolute Gasteiger partial charge is 0.497 e. The molecule has 0 aliphatic heterocycles. The molecule has 120 valence electrons. The first-order valence-corrected chi connectivity index (χ1v) is 6.74.